The molecule has 0 bridgehead atoms. The number of rotatable bonds is 12. The molecule has 0 aliphatic heterocycles. The van der Waals surface area contributed by atoms with Crippen molar-refractivity contribution in [3.8, 4) is 0 Å². The summed E-state index contributed by atoms with van der Waals surface area (Å²) in [5.74, 6) is -1.06. The van der Waals surface area contributed by atoms with Gasteiger partial charge in [0.15, 0.2) is 0 Å². The van der Waals surface area contributed by atoms with Crippen molar-refractivity contribution in [1.82, 2.24) is 5.32 Å². The van der Waals surface area contributed by atoms with Crippen LogP contribution < -0.4 is 5.32 Å². The van der Waals surface area contributed by atoms with Crippen LogP contribution in [0.25, 0.3) is 0 Å². The average molecular weight is 355 g/mol. The van der Waals surface area contributed by atoms with Crippen LogP contribution in [-0.2, 0) is 4.79 Å². The van der Waals surface area contributed by atoms with Gasteiger partial charge in [0, 0.05) is 25.3 Å². The highest BCUT2D eigenvalue weighted by Crippen LogP contribution is 2.36. The molecule has 1 unspecified atom stereocenters. The third-order valence-corrected chi connectivity index (χ3v) is 4.59. The molecule has 144 valence electrons. The van der Waals surface area contributed by atoms with E-state index >= 15 is 0 Å². The molecule has 1 saturated carbocycles. The van der Waals surface area contributed by atoms with E-state index < -0.39 is 24.3 Å². The number of carboxylic acid groups (broad SMARTS) is 1. The number of carbonyl (C=O) groups is 1. The number of unbranched alkanes of at least 4 members (excludes halogenated alkanes) is 1. The largest absolute Gasteiger partial charge is 0.481 e. The number of aliphatic carboxylic acids is 1. The van der Waals surface area contributed by atoms with Crippen molar-refractivity contribution in [2.24, 2.45) is 11.8 Å². The fraction of sp³-hybridized carbons (Fsp3) is 0.737. The molecule has 0 aromatic rings. The number of allylic oxidation sites excluding steroid dienone is 2. The second-order valence-electron chi connectivity index (χ2n) is 6.76. The Bertz CT molecular complexity index is 438. The van der Waals surface area contributed by atoms with Crippen molar-refractivity contribution >= 4 is 5.97 Å². The fourth-order valence-electron chi connectivity index (χ4n) is 3.20. The normalized spacial score (nSPS) is 28.2. The molecule has 6 heteroatoms. The van der Waals surface area contributed by atoms with E-state index in [-0.39, 0.29) is 18.3 Å². The minimum absolute atomic E-state index is 0.0854. The van der Waals surface area contributed by atoms with Gasteiger partial charge in [-0.3, -0.25) is 4.79 Å². The molecule has 0 radical (unpaired) electrons. The first-order chi connectivity index (χ1) is 12.0. The van der Waals surface area contributed by atoms with Gasteiger partial charge in [0.05, 0.1) is 18.3 Å². The summed E-state index contributed by atoms with van der Waals surface area (Å²) in [6.07, 6.45) is 9.05. The molecular formula is C19H33NO5. The topological polar surface area (TPSA) is 110 Å². The van der Waals surface area contributed by atoms with Gasteiger partial charge in [-0.15, -0.1) is 0 Å². The first-order valence-electron chi connectivity index (χ1n) is 9.25. The van der Waals surface area contributed by atoms with Gasteiger partial charge in [0.1, 0.15) is 0 Å². The summed E-state index contributed by atoms with van der Waals surface area (Å²) in [5, 5.41) is 42.0. The monoisotopic (exact) mass is 355 g/mol. The van der Waals surface area contributed by atoms with Crippen LogP contribution in [0.4, 0.5) is 0 Å². The van der Waals surface area contributed by atoms with Crippen molar-refractivity contribution in [3.63, 3.8) is 0 Å². The SMILES string of the molecule is CCCNCC(O)/C=C/[C@@H]1[C@@H](C/C=C\CCCC(=O)O)[C@@H](O)C[C@H]1O. The molecule has 0 aromatic carbocycles. The number of aliphatic hydroxyl groups excluding tert-OH is 3. The van der Waals surface area contributed by atoms with Gasteiger partial charge in [-0.05, 0) is 38.1 Å². The molecule has 6 nitrogen and oxygen atoms in total. The quantitative estimate of drug-likeness (QED) is 0.268. The van der Waals surface area contributed by atoms with Crippen LogP contribution in [0, 0.1) is 11.8 Å². The lowest BCUT2D eigenvalue weighted by Gasteiger charge is -2.19. The molecule has 5 atom stereocenters. The Morgan fingerprint density at radius 3 is 2.72 bits per heavy atom. The van der Waals surface area contributed by atoms with E-state index in [1.807, 2.05) is 18.2 Å². The van der Waals surface area contributed by atoms with E-state index in [0.717, 1.165) is 13.0 Å². The number of aliphatic hydroxyl groups is 3. The maximum Gasteiger partial charge on any atom is 0.303 e. The van der Waals surface area contributed by atoms with E-state index in [2.05, 4.69) is 12.2 Å². The Kier molecular flexibility index (Phi) is 10.6. The zero-order valence-corrected chi connectivity index (χ0v) is 15.1. The number of nitrogens with one attached hydrogen (secondary N) is 1. The second-order valence-corrected chi connectivity index (χ2v) is 6.76. The summed E-state index contributed by atoms with van der Waals surface area (Å²) in [4.78, 5) is 10.5. The van der Waals surface area contributed by atoms with Gasteiger partial charge in [0.2, 0.25) is 0 Å². The van der Waals surface area contributed by atoms with Crippen LogP contribution in [0.15, 0.2) is 24.3 Å². The summed E-state index contributed by atoms with van der Waals surface area (Å²) in [7, 11) is 0. The van der Waals surface area contributed by atoms with Gasteiger partial charge >= 0.3 is 5.97 Å². The predicted molar refractivity (Wildman–Crippen MR) is 97.2 cm³/mol. The first kappa shape index (κ1) is 21.8. The maximum absolute atomic E-state index is 10.5. The van der Waals surface area contributed by atoms with Crippen molar-refractivity contribution in [3.05, 3.63) is 24.3 Å². The lowest BCUT2D eigenvalue weighted by atomic mass is 9.89. The molecule has 1 aliphatic carbocycles. The summed E-state index contributed by atoms with van der Waals surface area (Å²) in [5.41, 5.74) is 0. The van der Waals surface area contributed by atoms with Crippen LogP contribution >= 0.6 is 0 Å². The van der Waals surface area contributed by atoms with Gasteiger partial charge in [-0.1, -0.05) is 31.2 Å². The van der Waals surface area contributed by atoms with Gasteiger partial charge < -0.3 is 25.7 Å². The fourth-order valence-corrected chi connectivity index (χ4v) is 3.20. The smallest absolute Gasteiger partial charge is 0.303 e. The highest BCUT2D eigenvalue weighted by molar-refractivity contribution is 5.66. The third-order valence-electron chi connectivity index (χ3n) is 4.59. The van der Waals surface area contributed by atoms with Crippen LogP contribution in [0.5, 0.6) is 0 Å². The molecule has 1 aliphatic rings. The Labute approximate surface area is 150 Å². The Morgan fingerprint density at radius 2 is 2.04 bits per heavy atom. The van der Waals surface area contributed by atoms with Crippen molar-refractivity contribution in [1.29, 1.82) is 0 Å². The molecule has 0 amide bonds. The van der Waals surface area contributed by atoms with E-state index in [1.54, 1.807) is 6.08 Å². The standard InChI is InChI=1S/C19H33NO5/c1-2-11-20-13-14(21)9-10-16-15(17(22)12-18(16)23)7-5-3-4-6-8-19(24)25/h3,5,9-10,14-18,20-23H,2,4,6-8,11-13H2,1H3,(H,24,25)/b5-3-,10-9+/t14?,15-,16-,17+,18-/m1/s1. The van der Waals surface area contributed by atoms with Crippen LogP contribution in [-0.4, -0.2) is 57.8 Å². The summed E-state index contributed by atoms with van der Waals surface area (Å²) in [6, 6.07) is 0. The molecule has 0 heterocycles. The molecule has 1 fully saturated rings. The highest BCUT2D eigenvalue weighted by Gasteiger charge is 2.39. The number of carboxylic acids is 1. The first-order valence-corrected chi connectivity index (χ1v) is 9.25. The predicted octanol–water partition coefficient (Wildman–Crippen LogP) is 1.46. The Balaban J connectivity index is 2.46. The van der Waals surface area contributed by atoms with Gasteiger partial charge in [0.25, 0.3) is 0 Å². The van der Waals surface area contributed by atoms with Gasteiger partial charge in [-0.25, -0.2) is 0 Å². The van der Waals surface area contributed by atoms with E-state index in [4.69, 9.17) is 5.11 Å². The van der Waals surface area contributed by atoms with E-state index in [1.165, 1.54) is 0 Å². The van der Waals surface area contributed by atoms with Crippen molar-refractivity contribution in [2.45, 2.75) is 63.8 Å². The molecule has 0 saturated heterocycles. The highest BCUT2D eigenvalue weighted by atomic mass is 16.4. The zero-order chi connectivity index (χ0) is 18.7. The lowest BCUT2D eigenvalue weighted by molar-refractivity contribution is -0.137. The van der Waals surface area contributed by atoms with Crippen LogP contribution in [0.1, 0.15) is 45.4 Å². The molecule has 1 rings (SSSR count). The van der Waals surface area contributed by atoms with E-state index in [9.17, 15) is 20.1 Å². The maximum atomic E-state index is 10.5. The van der Waals surface area contributed by atoms with Gasteiger partial charge in [-0.2, -0.15) is 0 Å². The average Bonchev–Trinajstić information content (AvgIpc) is 2.82. The lowest BCUT2D eigenvalue weighted by Crippen LogP contribution is -2.26. The van der Waals surface area contributed by atoms with Crippen LogP contribution in [0.3, 0.4) is 0 Å². The summed E-state index contributed by atoms with van der Waals surface area (Å²) >= 11 is 0. The third kappa shape index (κ3) is 8.63. The van der Waals surface area contributed by atoms with Crippen LogP contribution in [0.2, 0.25) is 0 Å². The Morgan fingerprint density at radius 1 is 1.28 bits per heavy atom. The summed E-state index contributed by atoms with van der Waals surface area (Å²) in [6.45, 7) is 3.39. The van der Waals surface area contributed by atoms with E-state index in [0.29, 0.717) is 32.2 Å². The second kappa shape index (κ2) is 12.2. The zero-order valence-electron chi connectivity index (χ0n) is 15.1. The van der Waals surface area contributed by atoms with Crippen molar-refractivity contribution in [2.75, 3.05) is 13.1 Å². The minimum Gasteiger partial charge on any atom is -0.481 e. The van der Waals surface area contributed by atoms with Crippen molar-refractivity contribution < 1.29 is 25.2 Å². The number of hydrogen-bond acceptors (Lipinski definition) is 5. The molecule has 25 heavy (non-hydrogen) atoms. The molecule has 0 aromatic heterocycles. The number of hydrogen-bond donors (Lipinski definition) is 5. The molecule has 5 N–H and O–H groups in total. The summed E-state index contributed by atoms with van der Waals surface area (Å²) < 4.78 is 0. The molecular weight excluding hydrogens is 322 g/mol. The molecule has 0 spiro atoms. The minimum atomic E-state index is -0.792. The Hall–Kier alpha value is -1.21.